The van der Waals surface area contributed by atoms with Crippen LogP contribution in [-0.4, -0.2) is 17.0 Å². The summed E-state index contributed by atoms with van der Waals surface area (Å²) in [6.45, 7) is 1.55. The third kappa shape index (κ3) is 2.52. The van der Waals surface area contributed by atoms with Crippen LogP contribution < -0.4 is 17.0 Å². The standard InChI is InChI=1S/C5H5ClN2O2.CH5N/c1-2-3(6)4(9)8-5(10)7-2;1-2/h1H3,(H2,7,8,9,10);2H2,1H3. The van der Waals surface area contributed by atoms with Crippen LogP contribution in [0.25, 0.3) is 0 Å². The fraction of sp³-hybridized carbons (Fsp3) is 0.333. The normalized spacial score (nSPS) is 8.67. The van der Waals surface area contributed by atoms with Crippen LogP contribution in [0.3, 0.4) is 0 Å². The Bertz CT molecular complexity index is 355. The largest absolute Gasteiger partial charge is 0.333 e. The Morgan fingerprint density at radius 3 is 2.17 bits per heavy atom. The van der Waals surface area contributed by atoms with Gasteiger partial charge >= 0.3 is 5.69 Å². The molecule has 0 saturated carbocycles. The molecule has 0 bridgehead atoms. The second kappa shape index (κ2) is 4.74. The van der Waals surface area contributed by atoms with E-state index in [0.29, 0.717) is 5.69 Å². The zero-order valence-corrected chi connectivity index (χ0v) is 7.53. The summed E-state index contributed by atoms with van der Waals surface area (Å²) in [4.78, 5) is 25.5. The highest BCUT2D eigenvalue weighted by atomic mass is 35.5. The van der Waals surface area contributed by atoms with Crippen LogP contribution >= 0.6 is 11.6 Å². The summed E-state index contributed by atoms with van der Waals surface area (Å²) in [5.74, 6) is 0. The van der Waals surface area contributed by atoms with Gasteiger partial charge in [-0.3, -0.25) is 9.78 Å². The monoisotopic (exact) mass is 191 g/mol. The number of aromatic amines is 2. The molecule has 68 valence electrons. The quantitative estimate of drug-likeness (QED) is 0.521. The molecular formula is C6H10ClN3O2. The lowest BCUT2D eigenvalue weighted by atomic mass is 10.4. The third-order valence-corrected chi connectivity index (χ3v) is 1.51. The first-order chi connectivity index (χ1) is 5.61. The van der Waals surface area contributed by atoms with Gasteiger partial charge < -0.3 is 10.7 Å². The molecule has 0 aliphatic heterocycles. The SMILES string of the molecule is CN.Cc1[nH]c(=O)[nH]c(=O)c1Cl. The van der Waals surface area contributed by atoms with Gasteiger partial charge in [0.15, 0.2) is 0 Å². The van der Waals surface area contributed by atoms with Crippen LogP contribution in [0, 0.1) is 6.92 Å². The molecule has 12 heavy (non-hydrogen) atoms. The summed E-state index contributed by atoms with van der Waals surface area (Å²) in [6, 6.07) is 0. The number of nitrogens with one attached hydrogen (secondary N) is 2. The molecule has 0 fully saturated rings. The van der Waals surface area contributed by atoms with E-state index in [0.717, 1.165) is 0 Å². The summed E-state index contributed by atoms with van der Waals surface area (Å²) in [5.41, 5.74) is 3.80. The summed E-state index contributed by atoms with van der Waals surface area (Å²) in [7, 11) is 1.50. The molecule has 0 radical (unpaired) electrons. The van der Waals surface area contributed by atoms with Gasteiger partial charge in [-0.05, 0) is 14.0 Å². The highest BCUT2D eigenvalue weighted by Crippen LogP contribution is 2.00. The van der Waals surface area contributed by atoms with Crippen molar-refractivity contribution in [2.75, 3.05) is 7.05 Å². The predicted octanol–water partition coefficient (Wildman–Crippen LogP) is -0.400. The molecule has 4 N–H and O–H groups in total. The average Bonchev–Trinajstić information content (AvgIpc) is 2.04. The van der Waals surface area contributed by atoms with Crippen molar-refractivity contribution < 1.29 is 0 Å². The van der Waals surface area contributed by atoms with E-state index in [1.54, 1.807) is 6.92 Å². The minimum absolute atomic E-state index is 0.0274. The number of H-pyrrole nitrogens is 2. The molecule has 5 nitrogen and oxygen atoms in total. The lowest BCUT2D eigenvalue weighted by Gasteiger charge is -1.91. The highest BCUT2D eigenvalue weighted by molar-refractivity contribution is 6.30. The van der Waals surface area contributed by atoms with E-state index in [1.807, 2.05) is 4.98 Å². The van der Waals surface area contributed by atoms with Gasteiger partial charge in [-0.15, -0.1) is 0 Å². The van der Waals surface area contributed by atoms with Crippen LogP contribution in [0.1, 0.15) is 5.69 Å². The lowest BCUT2D eigenvalue weighted by Crippen LogP contribution is -2.23. The molecule has 1 aromatic rings. The van der Waals surface area contributed by atoms with Crippen LogP contribution in [0.15, 0.2) is 9.59 Å². The van der Waals surface area contributed by atoms with Gasteiger partial charge in [0, 0.05) is 5.69 Å². The topological polar surface area (TPSA) is 91.7 Å². The Morgan fingerprint density at radius 1 is 1.25 bits per heavy atom. The van der Waals surface area contributed by atoms with E-state index >= 15 is 0 Å². The number of nitrogens with two attached hydrogens (primary N) is 1. The molecule has 1 heterocycles. The molecular weight excluding hydrogens is 182 g/mol. The Balaban J connectivity index is 0.000000561. The van der Waals surface area contributed by atoms with Gasteiger partial charge in [-0.2, -0.15) is 0 Å². The number of hydrogen-bond acceptors (Lipinski definition) is 3. The number of aryl methyl sites for hydroxylation is 1. The fourth-order valence-corrected chi connectivity index (χ4v) is 0.679. The van der Waals surface area contributed by atoms with Crippen LogP contribution in [-0.2, 0) is 0 Å². The van der Waals surface area contributed by atoms with Crippen molar-refractivity contribution in [3.05, 3.63) is 31.6 Å². The number of rotatable bonds is 0. The Labute approximate surface area is 73.6 Å². The highest BCUT2D eigenvalue weighted by Gasteiger charge is 1.99. The first-order valence-corrected chi connectivity index (χ1v) is 3.55. The minimum atomic E-state index is -0.553. The van der Waals surface area contributed by atoms with Crippen LogP contribution in [0.2, 0.25) is 5.02 Å². The fourth-order valence-electron chi connectivity index (χ4n) is 0.585. The molecule has 0 aliphatic carbocycles. The zero-order chi connectivity index (χ0) is 9.72. The summed E-state index contributed by atoms with van der Waals surface area (Å²) >= 11 is 5.44. The van der Waals surface area contributed by atoms with E-state index in [9.17, 15) is 9.59 Å². The smallest absolute Gasteiger partial charge is 0.325 e. The molecule has 1 aromatic heterocycles. The van der Waals surface area contributed by atoms with Crippen LogP contribution in [0.4, 0.5) is 0 Å². The number of hydrogen-bond donors (Lipinski definition) is 3. The van der Waals surface area contributed by atoms with Crippen molar-refractivity contribution in [2.24, 2.45) is 5.73 Å². The molecule has 0 aliphatic rings. The summed E-state index contributed by atoms with van der Waals surface area (Å²) in [5, 5.41) is 0.0274. The maximum Gasteiger partial charge on any atom is 0.325 e. The van der Waals surface area contributed by atoms with E-state index in [1.165, 1.54) is 7.05 Å². The van der Waals surface area contributed by atoms with E-state index in [2.05, 4.69) is 10.7 Å². The molecule has 0 saturated heterocycles. The summed E-state index contributed by atoms with van der Waals surface area (Å²) in [6.07, 6.45) is 0. The molecule has 0 atom stereocenters. The van der Waals surface area contributed by atoms with Gasteiger partial charge in [0.1, 0.15) is 5.02 Å². The number of halogens is 1. The van der Waals surface area contributed by atoms with E-state index in [-0.39, 0.29) is 5.02 Å². The maximum atomic E-state index is 10.7. The predicted molar refractivity (Wildman–Crippen MR) is 47.5 cm³/mol. The van der Waals surface area contributed by atoms with Crippen molar-refractivity contribution in [3.8, 4) is 0 Å². The average molecular weight is 192 g/mol. The van der Waals surface area contributed by atoms with Crippen molar-refractivity contribution in [3.63, 3.8) is 0 Å². The second-order valence-corrected chi connectivity index (χ2v) is 2.23. The van der Waals surface area contributed by atoms with Crippen molar-refractivity contribution in [1.29, 1.82) is 0 Å². The van der Waals surface area contributed by atoms with Gasteiger partial charge in [-0.25, -0.2) is 4.79 Å². The Hall–Kier alpha value is -1.07. The van der Waals surface area contributed by atoms with Gasteiger partial charge in [-0.1, -0.05) is 11.6 Å². The van der Waals surface area contributed by atoms with Gasteiger partial charge in [0.25, 0.3) is 5.56 Å². The lowest BCUT2D eigenvalue weighted by molar-refractivity contribution is 0.995. The molecule has 0 unspecified atom stereocenters. The Morgan fingerprint density at radius 2 is 1.75 bits per heavy atom. The van der Waals surface area contributed by atoms with Crippen molar-refractivity contribution in [2.45, 2.75) is 6.92 Å². The Kier molecular flexibility index (Phi) is 4.31. The molecule has 0 amide bonds. The molecule has 1 rings (SSSR count). The third-order valence-electron chi connectivity index (χ3n) is 1.06. The van der Waals surface area contributed by atoms with Crippen molar-refractivity contribution in [1.82, 2.24) is 9.97 Å². The first-order valence-electron chi connectivity index (χ1n) is 3.17. The van der Waals surface area contributed by atoms with Crippen LogP contribution in [0.5, 0.6) is 0 Å². The van der Waals surface area contributed by atoms with Gasteiger partial charge in [0.2, 0.25) is 0 Å². The maximum absolute atomic E-state index is 10.7. The van der Waals surface area contributed by atoms with E-state index < -0.39 is 11.2 Å². The van der Waals surface area contributed by atoms with Crippen molar-refractivity contribution >= 4 is 11.6 Å². The molecule has 0 spiro atoms. The van der Waals surface area contributed by atoms with Gasteiger partial charge in [0.05, 0.1) is 0 Å². The second-order valence-electron chi connectivity index (χ2n) is 1.85. The minimum Gasteiger partial charge on any atom is -0.333 e. The number of aromatic nitrogens is 2. The zero-order valence-electron chi connectivity index (χ0n) is 6.77. The first kappa shape index (κ1) is 10.9. The molecule has 6 heteroatoms. The summed E-state index contributed by atoms with van der Waals surface area (Å²) < 4.78 is 0. The van der Waals surface area contributed by atoms with E-state index in [4.69, 9.17) is 11.6 Å². The molecule has 0 aromatic carbocycles.